The van der Waals surface area contributed by atoms with Crippen LogP contribution in [-0.2, 0) is 26.2 Å². The number of carbonyl (C=O) groups is 2. The van der Waals surface area contributed by atoms with Crippen molar-refractivity contribution in [2.75, 3.05) is 31.6 Å². The van der Waals surface area contributed by atoms with Gasteiger partial charge >= 0.3 is 0 Å². The highest BCUT2D eigenvalue weighted by molar-refractivity contribution is 9.10. The Morgan fingerprint density at radius 2 is 1.63 bits per heavy atom. The van der Waals surface area contributed by atoms with Gasteiger partial charge in [-0.15, -0.1) is 0 Å². The van der Waals surface area contributed by atoms with E-state index in [9.17, 15) is 18.0 Å². The van der Waals surface area contributed by atoms with Crippen molar-refractivity contribution in [3.63, 3.8) is 0 Å². The molecule has 1 N–H and O–H groups in total. The van der Waals surface area contributed by atoms with Gasteiger partial charge in [-0.3, -0.25) is 13.9 Å². The highest BCUT2D eigenvalue weighted by atomic mass is 79.9. The smallest absolute Gasteiger partial charge is 0.264 e. The van der Waals surface area contributed by atoms with E-state index in [0.29, 0.717) is 18.0 Å². The topological polar surface area (TPSA) is 105 Å². The summed E-state index contributed by atoms with van der Waals surface area (Å²) in [6, 6.07) is 16.2. The lowest BCUT2D eigenvalue weighted by Gasteiger charge is -2.32. The molecule has 0 bridgehead atoms. The van der Waals surface area contributed by atoms with Crippen LogP contribution in [0.4, 0.5) is 5.69 Å². The van der Waals surface area contributed by atoms with Gasteiger partial charge in [0.1, 0.15) is 12.6 Å². The Morgan fingerprint density at radius 3 is 2.23 bits per heavy atom. The summed E-state index contributed by atoms with van der Waals surface area (Å²) in [6.45, 7) is 7.47. The van der Waals surface area contributed by atoms with E-state index >= 15 is 0 Å². The second-order valence-corrected chi connectivity index (χ2v) is 13.1. The summed E-state index contributed by atoms with van der Waals surface area (Å²) in [5.41, 5.74) is 2.80. The van der Waals surface area contributed by atoms with E-state index in [2.05, 4.69) is 21.2 Å². The normalized spacial score (nSPS) is 11.9. The number of hydrogen-bond donors (Lipinski definition) is 1. The molecule has 0 saturated carbocycles. The molecule has 0 aliphatic heterocycles. The molecule has 3 aromatic rings. The Hall–Kier alpha value is -3.57. The summed E-state index contributed by atoms with van der Waals surface area (Å²) < 4.78 is 41.0. The monoisotopic (exact) mass is 673 g/mol. The summed E-state index contributed by atoms with van der Waals surface area (Å²) in [4.78, 5) is 28.6. The van der Waals surface area contributed by atoms with E-state index in [1.165, 1.54) is 37.3 Å². The van der Waals surface area contributed by atoms with Gasteiger partial charge in [-0.25, -0.2) is 8.42 Å². The number of benzene rings is 3. The van der Waals surface area contributed by atoms with Crippen molar-refractivity contribution in [2.45, 2.75) is 58.0 Å². The van der Waals surface area contributed by atoms with Crippen LogP contribution in [0, 0.1) is 13.8 Å². The number of rotatable bonds is 14. The Balaban J connectivity index is 2.08. The van der Waals surface area contributed by atoms with Crippen LogP contribution in [0.1, 0.15) is 43.4 Å². The minimum absolute atomic E-state index is 0.0685. The number of anilines is 1. The zero-order valence-electron chi connectivity index (χ0n) is 25.5. The molecule has 232 valence electrons. The number of unbranched alkanes of at least 4 members (excludes halogenated alkanes) is 1. The van der Waals surface area contributed by atoms with Crippen molar-refractivity contribution >= 4 is 43.5 Å². The van der Waals surface area contributed by atoms with Gasteiger partial charge in [0.25, 0.3) is 10.0 Å². The molecule has 0 spiro atoms. The predicted molar refractivity (Wildman–Crippen MR) is 172 cm³/mol. The molecular weight excluding hydrogens is 634 g/mol. The first-order valence-electron chi connectivity index (χ1n) is 14.1. The van der Waals surface area contributed by atoms with Crippen LogP contribution in [0.15, 0.2) is 70.0 Å². The third-order valence-electron chi connectivity index (χ3n) is 6.96. The van der Waals surface area contributed by atoms with Crippen LogP contribution >= 0.6 is 15.9 Å². The largest absolute Gasteiger partial charge is 0.493 e. The number of nitrogens with zero attached hydrogens (tertiary/aromatic N) is 2. The summed E-state index contributed by atoms with van der Waals surface area (Å²) in [5, 5.41) is 2.90. The van der Waals surface area contributed by atoms with Crippen LogP contribution < -0.4 is 19.1 Å². The summed E-state index contributed by atoms with van der Waals surface area (Å²) >= 11 is 3.47. The van der Waals surface area contributed by atoms with E-state index in [-0.39, 0.29) is 23.1 Å². The number of carbonyl (C=O) groups excluding carboxylic acids is 2. The Bertz CT molecular complexity index is 1530. The minimum atomic E-state index is -4.27. The number of sulfonamides is 1. The molecule has 0 aliphatic carbocycles. The van der Waals surface area contributed by atoms with Crippen molar-refractivity contribution < 1.29 is 27.5 Å². The summed E-state index contributed by atoms with van der Waals surface area (Å²) in [7, 11) is -1.39. The second kappa shape index (κ2) is 15.2. The minimum Gasteiger partial charge on any atom is -0.493 e. The van der Waals surface area contributed by atoms with Crippen LogP contribution in [0.5, 0.6) is 11.5 Å². The van der Waals surface area contributed by atoms with Crippen molar-refractivity contribution in [3.8, 4) is 11.5 Å². The molecule has 43 heavy (non-hydrogen) atoms. The maximum Gasteiger partial charge on any atom is 0.264 e. The Labute approximate surface area is 263 Å². The Kier molecular flexibility index (Phi) is 12.0. The van der Waals surface area contributed by atoms with Gasteiger partial charge in [0, 0.05) is 23.6 Å². The first-order chi connectivity index (χ1) is 20.4. The molecule has 3 rings (SSSR count). The first-order valence-corrected chi connectivity index (χ1v) is 16.3. The van der Waals surface area contributed by atoms with Crippen LogP contribution in [0.3, 0.4) is 0 Å². The lowest BCUT2D eigenvalue weighted by Crippen LogP contribution is -2.51. The number of halogens is 1. The number of methoxy groups -OCH3 is 2. The lowest BCUT2D eigenvalue weighted by atomic mass is 10.1. The third-order valence-corrected chi connectivity index (χ3v) is 9.22. The van der Waals surface area contributed by atoms with Crippen molar-refractivity contribution in [3.05, 3.63) is 81.8 Å². The maximum absolute atomic E-state index is 14.2. The number of nitrogens with one attached hydrogen (secondary N) is 1. The number of ether oxygens (including phenoxy) is 2. The summed E-state index contributed by atoms with van der Waals surface area (Å²) in [6.07, 6.45) is 1.72. The van der Waals surface area contributed by atoms with E-state index in [0.717, 1.165) is 38.3 Å². The molecular formula is C32H40BrN3O6S. The molecule has 0 aromatic heterocycles. The van der Waals surface area contributed by atoms with Crippen LogP contribution in [-0.4, -0.2) is 58.5 Å². The standard InChI is InChI=1S/C32H40BrN3O6S/c1-7-8-14-34-32(38)24(4)35(20-25-10-9-11-26(33)18-25)31(37)21-36(27-16-22(2)15-23(3)17-27)43(39,40)28-12-13-29(41-5)30(19-28)42-6/h9-13,15-19,24H,7-8,14,20-21H2,1-6H3,(H,34,38)/t24-/m0/s1. The second-order valence-electron chi connectivity index (χ2n) is 10.3. The molecule has 11 heteroatoms. The van der Waals surface area contributed by atoms with E-state index < -0.39 is 28.5 Å². The van der Waals surface area contributed by atoms with Gasteiger partial charge in [-0.05, 0) is 80.3 Å². The molecule has 0 radical (unpaired) electrons. The molecule has 9 nitrogen and oxygen atoms in total. The number of hydrogen-bond acceptors (Lipinski definition) is 6. The van der Waals surface area contributed by atoms with Gasteiger partial charge in [0.2, 0.25) is 11.8 Å². The lowest BCUT2D eigenvalue weighted by molar-refractivity contribution is -0.139. The van der Waals surface area contributed by atoms with Crippen LogP contribution in [0.25, 0.3) is 0 Å². The Morgan fingerprint density at radius 1 is 0.953 bits per heavy atom. The zero-order chi connectivity index (χ0) is 31.7. The molecule has 0 unspecified atom stereocenters. The molecule has 3 aromatic carbocycles. The number of aryl methyl sites for hydroxylation is 2. The van der Waals surface area contributed by atoms with Crippen LogP contribution in [0.2, 0.25) is 0 Å². The van der Waals surface area contributed by atoms with Gasteiger partial charge in [-0.2, -0.15) is 0 Å². The number of amides is 2. The maximum atomic E-state index is 14.2. The predicted octanol–water partition coefficient (Wildman–Crippen LogP) is 5.61. The SMILES string of the molecule is CCCCNC(=O)[C@H](C)N(Cc1cccc(Br)c1)C(=O)CN(c1cc(C)cc(C)c1)S(=O)(=O)c1ccc(OC)c(OC)c1. The fourth-order valence-electron chi connectivity index (χ4n) is 4.68. The van der Waals surface area contributed by atoms with E-state index in [1.807, 2.05) is 51.1 Å². The fourth-order valence-corrected chi connectivity index (χ4v) is 6.54. The third kappa shape index (κ3) is 8.73. The molecule has 0 aliphatic rings. The van der Waals surface area contributed by atoms with Gasteiger partial charge in [0.15, 0.2) is 11.5 Å². The summed E-state index contributed by atoms with van der Waals surface area (Å²) in [5.74, 6) is -0.221. The average molecular weight is 675 g/mol. The molecule has 2 amide bonds. The molecule has 0 saturated heterocycles. The van der Waals surface area contributed by atoms with Crippen molar-refractivity contribution in [1.82, 2.24) is 10.2 Å². The zero-order valence-corrected chi connectivity index (χ0v) is 27.9. The van der Waals surface area contributed by atoms with Gasteiger partial charge in [-0.1, -0.05) is 47.5 Å². The van der Waals surface area contributed by atoms with Gasteiger partial charge in [0.05, 0.1) is 24.8 Å². The van der Waals surface area contributed by atoms with E-state index in [1.54, 1.807) is 19.1 Å². The van der Waals surface area contributed by atoms with Crippen molar-refractivity contribution in [2.24, 2.45) is 0 Å². The molecule has 1 atom stereocenters. The average Bonchev–Trinajstić information content (AvgIpc) is 2.97. The molecule has 0 heterocycles. The molecule has 0 fully saturated rings. The highest BCUT2D eigenvalue weighted by Crippen LogP contribution is 2.33. The fraction of sp³-hybridized carbons (Fsp3) is 0.375. The highest BCUT2D eigenvalue weighted by Gasteiger charge is 2.33. The van der Waals surface area contributed by atoms with Crippen molar-refractivity contribution in [1.29, 1.82) is 0 Å². The van der Waals surface area contributed by atoms with E-state index in [4.69, 9.17) is 9.47 Å². The van der Waals surface area contributed by atoms with Gasteiger partial charge < -0.3 is 19.7 Å². The quantitative estimate of drug-likeness (QED) is 0.223. The first kappa shape index (κ1) is 33.9.